The van der Waals surface area contributed by atoms with E-state index in [1.807, 2.05) is 6.07 Å². The van der Waals surface area contributed by atoms with Crippen LogP contribution >= 0.6 is 15.9 Å². The van der Waals surface area contributed by atoms with E-state index in [-0.39, 0.29) is 5.69 Å². The quantitative estimate of drug-likeness (QED) is 0.911. The van der Waals surface area contributed by atoms with E-state index < -0.39 is 17.1 Å². The highest BCUT2D eigenvalue weighted by atomic mass is 79.9. The number of nitrogens with zero attached hydrogens (tertiary/aromatic N) is 1. The van der Waals surface area contributed by atoms with Crippen LogP contribution in [0, 0.1) is 22.6 Å². The average molecular weight is 297 g/mol. The highest BCUT2D eigenvalue weighted by molar-refractivity contribution is 9.10. The van der Waals surface area contributed by atoms with Crippen molar-refractivity contribution in [1.29, 1.82) is 5.26 Å². The summed E-state index contributed by atoms with van der Waals surface area (Å²) in [4.78, 5) is 11.9. The molecule has 0 aliphatic heterocycles. The summed E-state index contributed by atoms with van der Waals surface area (Å²) in [6.45, 7) is 0. The second-order valence-electron chi connectivity index (χ2n) is 4.13. The number of benzene rings is 1. The van der Waals surface area contributed by atoms with Gasteiger partial charge in [0.25, 0.3) is 0 Å². The summed E-state index contributed by atoms with van der Waals surface area (Å²) in [5.41, 5.74) is -0.861. The molecule has 88 valence electrons. The number of carbonyl (C=O) groups is 1. The van der Waals surface area contributed by atoms with Crippen molar-refractivity contribution in [2.24, 2.45) is 5.41 Å². The van der Waals surface area contributed by atoms with Gasteiger partial charge in [-0.15, -0.1) is 0 Å². The molecule has 0 spiro atoms. The molecular formula is C12H10BrFN2O. The van der Waals surface area contributed by atoms with Crippen molar-refractivity contribution in [2.75, 3.05) is 5.32 Å². The number of anilines is 1. The maximum absolute atomic E-state index is 13.4. The summed E-state index contributed by atoms with van der Waals surface area (Å²) in [5, 5.41) is 11.5. The normalized spacial score (nSPS) is 16.8. The summed E-state index contributed by atoms with van der Waals surface area (Å²) < 4.78 is 14.1. The topological polar surface area (TPSA) is 52.9 Å². The molecule has 0 bridgehead atoms. The van der Waals surface area contributed by atoms with Crippen LogP contribution < -0.4 is 5.32 Å². The van der Waals surface area contributed by atoms with Gasteiger partial charge in [0.15, 0.2) is 0 Å². The van der Waals surface area contributed by atoms with E-state index in [1.54, 1.807) is 6.07 Å². The maximum Gasteiger partial charge on any atom is 0.244 e. The molecule has 1 aromatic carbocycles. The van der Waals surface area contributed by atoms with E-state index in [0.29, 0.717) is 17.3 Å². The van der Waals surface area contributed by atoms with Crippen LogP contribution in [-0.2, 0) is 4.79 Å². The molecule has 1 saturated carbocycles. The molecule has 0 radical (unpaired) electrons. The van der Waals surface area contributed by atoms with Crippen molar-refractivity contribution < 1.29 is 9.18 Å². The molecule has 2 rings (SSSR count). The smallest absolute Gasteiger partial charge is 0.244 e. The molecule has 5 heteroatoms. The third-order valence-electron chi connectivity index (χ3n) is 3.03. The zero-order valence-electron chi connectivity index (χ0n) is 8.96. The zero-order valence-corrected chi connectivity index (χ0v) is 10.6. The van der Waals surface area contributed by atoms with Crippen molar-refractivity contribution in [3.63, 3.8) is 0 Å². The molecule has 1 aliphatic carbocycles. The molecule has 0 saturated heterocycles. The molecule has 0 aromatic heterocycles. The minimum atomic E-state index is -0.964. The van der Waals surface area contributed by atoms with Crippen LogP contribution in [0.15, 0.2) is 22.7 Å². The standard InChI is InChI=1S/C12H10BrFN2O/c13-8-2-3-9(14)10(6-8)16-11(17)12(7-15)4-1-5-12/h2-3,6H,1,4-5H2,(H,16,17). The van der Waals surface area contributed by atoms with Crippen molar-refractivity contribution in [2.45, 2.75) is 19.3 Å². The van der Waals surface area contributed by atoms with Crippen LogP contribution in [0.1, 0.15) is 19.3 Å². The van der Waals surface area contributed by atoms with Gasteiger partial charge in [-0.2, -0.15) is 5.26 Å². The Morgan fingerprint density at radius 3 is 2.76 bits per heavy atom. The molecule has 0 heterocycles. The van der Waals surface area contributed by atoms with Crippen LogP contribution in [0.25, 0.3) is 0 Å². The molecule has 3 nitrogen and oxygen atoms in total. The Balaban J connectivity index is 2.19. The molecule has 1 aromatic rings. The third-order valence-corrected chi connectivity index (χ3v) is 3.53. The number of rotatable bonds is 2. The zero-order chi connectivity index (χ0) is 12.5. The molecule has 1 amide bonds. The molecule has 0 atom stereocenters. The highest BCUT2D eigenvalue weighted by Crippen LogP contribution is 2.41. The molecule has 1 aliphatic rings. The summed E-state index contributed by atoms with van der Waals surface area (Å²) >= 11 is 3.20. The number of nitrogens with one attached hydrogen (secondary N) is 1. The average Bonchev–Trinajstić information content (AvgIpc) is 2.23. The highest BCUT2D eigenvalue weighted by Gasteiger charge is 2.44. The minimum Gasteiger partial charge on any atom is -0.322 e. The van der Waals surface area contributed by atoms with E-state index in [4.69, 9.17) is 5.26 Å². The Bertz CT molecular complexity index is 506. The summed E-state index contributed by atoms with van der Waals surface area (Å²) in [6.07, 6.45) is 1.96. The number of halogens is 2. The second-order valence-corrected chi connectivity index (χ2v) is 5.04. The second kappa shape index (κ2) is 4.46. The fourth-order valence-electron chi connectivity index (χ4n) is 1.76. The van der Waals surface area contributed by atoms with Gasteiger partial charge in [0.05, 0.1) is 11.8 Å². The van der Waals surface area contributed by atoms with Crippen molar-refractivity contribution in [3.05, 3.63) is 28.5 Å². The van der Waals surface area contributed by atoms with Gasteiger partial charge < -0.3 is 5.32 Å². The molecule has 1 fully saturated rings. The first-order valence-electron chi connectivity index (χ1n) is 5.25. The lowest BCUT2D eigenvalue weighted by Crippen LogP contribution is -2.40. The fourth-order valence-corrected chi connectivity index (χ4v) is 2.12. The van der Waals surface area contributed by atoms with Crippen LogP contribution in [0.5, 0.6) is 0 Å². The van der Waals surface area contributed by atoms with Crippen molar-refractivity contribution >= 4 is 27.5 Å². The Hall–Kier alpha value is -1.41. The van der Waals surface area contributed by atoms with Crippen molar-refractivity contribution in [3.8, 4) is 6.07 Å². The number of carbonyl (C=O) groups excluding carboxylic acids is 1. The Morgan fingerprint density at radius 1 is 1.53 bits per heavy atom. The van der Waals surface area contributed by atoms with Gasteiger partial charge in [-0.05, 0) is 37.5 Å². The van der Waals surface area contributed by atoms with E-state index in [1.165, 1.54) is 12.1 Å². The fraction of sp³-hybridized carbons (Fsp3) is 0.333. The Morgan fingerprint density at radius 2 is 2.24 bits per heavy atom. The van der Waals surface area contributed by atoms with Gasteiger partial charge in [-0.1, -0.05) is 15.9 Å². The molecule has 17 heavy (non-hydrogen) atoms. The van der Waals surface area contributed by atoms with Crippen LogP contribution in [0.3, 0.4) is 0 Å². The lowest BCUT2D eigenvalue weighted by molar-refractivity contribution is -0.126. The maximum atomic E-state index is 13.4. The van der Waals surface area contributed by atoms with Gasteiger partial charge in [0.1, 0.15) is 11.2 Å². The third kappa shape index (κ3) is 2.18. The first kappa shape index (κ1) is 12.1. The first-order chi connectivity index (χ1) is 8.07. The lowest BCUT2D eigenvalue weighted by atomic mass is 9.69. The van der Waals surface area contributed by atoms with Crippen LogP contribution in [0.2, 0.25) is 0 Å². The monoisotopic (exact) mass is 296 g/mol. The van der Waals surface area contributed by atoms with Crippen molar-refractivity contribution in [1.82, 2.24) is 0 Å². The summed E-state index contributed by atoms with van der Waals surface area (Å²) in [6, 6.07) is 6.32. The molecule has 1 N–H and O–H groups in total. The SMILES string of the molecule is N#CC1(C(=O)Nc2cc(Br)ccc2F)CCC1. The van der Waals surface area contributed by atoms with Gasteiger partial charge >= 0.3 is 0 Å². The minimum absolute atomic E-state index is 0.103. The summed E-state index contributed by atoms with van der Waals surface area (Å²) in [5.74, 6) is -0.919. The van der Waals surface area contributed by atoms with E-state index in [9.17, 15) is 9.18 Å². The Labute approximate surface area is 107 Å². The summed E-state index contributed by atoms with van der Waals surface area (Å²) in [7, 11) is 0. The first-order valence-corrected chi connectivity index (χ1v) is 6.04. The van der Waals surface area contributed by atoms with E-state index in [2.05, 4.69) is 21.2 Å². The van der Waals surface area contributed by atoms with Crippen LogP contribution in [0.4, 0.5) is 10.1 Å². The van der Waals surface area contributed by atoms with Gasteiger partial charge in [-0.25, -0.2) is 4.39 Å². The number of nitriles is 1. The molecular weight excluding hydrogens is 287 g/mol. The van der Waals surface area contributed by atoms with Gasteiger partial charge in [-0.3, -0.25) is 4.79 Å². The Kier molecular flexibility index (Phi) is 3.16. The number of hydrogen-bond donors (Lipinski definition) is 1. The lowest BCUT2D eigenvalue weighted by Gasteiger charge is -2.33. The van der Waals surface area contributed by atoms with Gasteiger partial charge in [0, 0.05) is 4.47 Å². The van der Waals surface area contributed by atoms with E-state index >= 15 is 0 Å². The largest absolute Gasteiger partial charge is 0.322 e. The van der Waals surface area contributed by atoms with Gasteiger partial charge in [0.2, 0.25) is 5.91 Å². The number of hydrogen-bond acceptors (Lipinski definition) is 2. The predicted molar refractivity (Wildman–Crippen MR) is 64.6 cm³/mol. The number of amides is 1. The molecule has 0 unspecified atom stereocenters. The predicted octanol–water partition coefficient (Wildman–Crippen LogP) is 3.22. The van der Waals surface area contributed by atoms with E-state index in [0.717, 1.165) is 6.42 Å². The van der Waals surface area contributed by atoms with Crippen LogP contribution in [-0.4, -0.2) is 5.91 Å².